The van der Waals surface area contributed by atoms with Gasteiger partial charge in [0.25, 0.3) is 0 Å². The maximum atomic E-state index is 12.7. The summed E-state index contributed by atoms with van der Waals surface area (Å²) >= 11 is 0. The Morgan fingerprint density at radius 1 is 1.00 bits per heavy atom. The third-order valence-electron chi connectivity index (χ3n) is 6.04. The van der Waals surface area contributed by atoms with Gasteiger partial charge in [0.2, 0.25) is 0 Å². The number of carbonyl (C=O) groups excluding carboxylic acids is 1. The van der Waals surface area contributed by atoms with Crippen LogP contribution in [-0.4, -0.2) is 39.2 Å². The molecule has 1 saturated heterocycles. The van der Waals surface area contributed by atoms with Gasteiger partial charge in [-0.25, -0.2) is 0 Å². The van der Waals surface area contributed by atoms with Crippen LogP contribution in [0.1, 0.15) is 32.6 Å². The van der Waals surface area contributed by atoms with E-state index in [9.17, 15) is 4.79 Å². The monoisotopic (exact) mass is 457 g/mol. The lowest BCUT2D eigenvalue weighted by Crippen LogP contribution is -2.36. The number of hydrogen-bond acceptors (Lipinski definition) is 5. The molecule has 0 spiro atoms. The number of aryl methyl sites for hydroxylation is 2. The van der Waals surface area contributed by atoms with Gasteiger partial charge in [0.15, 0.2) is 5.78 Å². The van der Waals surface area contributed by atoms with Gasteiger partial charge in [-0.2, -0.15) is 0 Å². The molecule has 3 aromatic carbocycles. The zero-order valence-electron chi connectivity index (χ0n) is 20.0. The molecule has 1 fully saturated rings. The first kappa shape index (κ1) is 23.6. The molecule has 0 unspecified atom stereocenters. The minimum absolute atomic E-state index is 0.0299. The summed E-state index contributed by atoms with van der Waals surface area (Å²) in [6, 6.07) is 19.7. The SMILES string of the molecule is COc1ccc(/C=C/C(=O)c2ccc(N3CCOCC3)cc2)cc1COc1c(C)cccc1C. The van der Waals surface area contributed by atoms with E-state index >= 15 is 0 Å². The van der Waals surface area contributed by atoms with Gasteiger partial charge in [0.05, 0.1) is 20.3 Å². The first-order chi connectivity index (χ1) is 16.5. The Hall–Kier alpha value is -3.57. The fourth-order valence-electron chi connectivity index (χ4n) is 4.12. The molecule has 0 bridgehead atoms. The van der Waals surface area contributed by atoms with Crippen molar-refractivity contribution in [3.63, 3.8) is 0 Å². The van der Waals surface area contributed by atoms with Crippen LogP contribution in [0.5, 0.6) is 11.5 Å². The number of para-hydroxylation sites is 1. The van der Waals surface area contributed by atoms with Crippen molar-refractivity contribution in [3.05, 3.63) is 94.6 Å². The van der Waals surface area contributed by atoms with Crippen LogP contribution < -0.4 is 14.4 Å². The highest BCUT2D eigenvalue weighted by Crippen LogP contribution is 2.27. The average Bonchev–Trinajstić information content (AvgIpc) is 2.87. The van der Waals surface area contributed by atoms with Crippen molar-refractivity contribution in [1.29, 1.82) is 0 Å². The van der Waals surface area contributed by atoms with Crippen LogP contribution in [0.3, 0.4) is 0 Å². The van der Waals surface area contributed by atoms with Crippen LogP contribution in [0.25, 0.3) is 6.08 Å². The molecule has 176 valence electrons. The van der Waals surface area contributed by atoms with Crippen molar-refractivity contribution in [2.45, 2.75) is 20.5 Å². The second-order valence-electron chi connectivity index (χ2n) is 8.42. The number of hydrogen-bond donors (Lipinski definition) is 0. The molecule has 5 nitrogen and oxygen atoms in total. The topological polar surface area (TPSA) is 48.0 Å². The number of anilines is 1. The Morgan fingerprint density at radius 2 is 1.71 bits per heavy atom. The fraction of sp³-hybridized carbons (Fsp3) is 0.276. The van der Waals surface area contributed by atoms with E-state index in [0.29, 0.717) is 12.2 Å². The van der Waals surface area contributed by atoms with Crippen LogP contribution >= 0.6 is 0 Å². The van der Waals surface area contributed by atoms with E-state index in [0.717, 1.165) is 65.7 Å². The third kappa shape index (κ3) is 5.67. The Labute approximate surface area is 201 Å². The summed E-state index contributed by atoms with van der Waals surface area (Å²) in [5.74, 6) is 1.62. The molecule has 4 rings (SSSR count). The summed E-state index contributed by atoms with van der Waals surface area (Å²) in [6.45, 7) is 7.69. The predicted molar refractivity (Wildman–Crippen MR) is 136 cm³/mol. The molecule has 0 aliphatic carbocycles. The molecular weight excluding hydrogens is 426 g/mol. The molecule has 0 aromatic heterocycles. The molecule has 34 heavy (non-hydrogen) atoms. The van der Waals surface area contributed by atoms with E-state index < -0.39 is 0 Å². The molecule has 5 heteroatoms. The van der Waals surface area contributed by atoms with Gasteiger partial charge in [-0.15, -0.1) is 0 Å². The number of benzene rings is 3. The van der Waals surface area contributed by atoms with Gasteiger partial charge in [-0.3, -0.25) is 4.79 Å². The van der Waals surface area contributed by atoms with Crippen molar-refractivity contribution in [2.24, 2.45) is 0 Å². The fourth-order valence-corrected chi connectivity index (χ4v) is 4.12. The first-order valence-electron chi connectivity index (χ1n) is 11.6. The molecule has 0 amide bonds. The number of morpholine rings is 1. The number of rotatable bonds is 8. The molecule has 0 radical (unpaired) electrons. The number of methoxy groups -OCH3 is 1. The molecule has 0 atom stereocenters. The Morgan fingerprint density at radius 3 is 2.38 bits per heavy atom. The van der Waals surface area contributed by atoms with Crippen LogP contribution in [0.2, 0.25) is 0 Å². The molecule has 1 heterocycles. The Balaban J connectivity index is 1.44. The third-order valence-corrected chi connectivity index (χ3v) is 6.04. The summed E-state index contributed by atoms with van der Waals surface area (Å²) in [7, 11) is 1.65. The zero-order chi connectivity index (χ0) is 23.9. The number of carbonyl (C=O) groups is 1. The summed E-state index contributed by atoms with van der Waals surface area (Å²) in [5.41, 5.74) is 5.82. The standard InChI is InChI=1S/C29H31NO4/c1-21-5-4-6-22(2)29(21)34-20-25-19-23(8-14-28(25)32-3)7-13-27(31)24-9-11-26(12-10-24)30-15-17-33-18-16-30/h4-14,19H,15-18,20H2,1-3H3/b13-7+. The smallest absolute Gasteiger partial charge is 0.185 e. The lowest BCUT2D eigenvalue weighted by molar-refractivity contribution is 0.104. The Bertz CT molecular complexity index is 1140. The predicted octanol–water partition coefficient (Wildman–Crippen LogP) is 5.62. The lowest BCUT2D eigenvalue weighted by atomic mass is 10.1. The van der Waals surface area contributed by atoms with E-state index in [1.165, 1.54) is 0 Å². The van der Waals surface area contributed by atoms with E-state index in [1.807, 2.05) is 80.6 Å². The number of allylic oxidation sites excluding steroid dienone is 1. The van der Waals surface area contributed by atoms with Crippen molar-refractivity contribution < 1.29 is 19.0 Å². The maximum absolute atomic E-state index is 12.7. The van der Waals surface area contributed by atoms with Crippen LogP contribution in [0, 0.1) is 13.8 Å². The normalized spacial score (nSPS) is 13.8. The van der Waals surface area contributed by atoms with Gasteiger partial charge in [0, 0.05) is 29.9 Å². The quantitative estimate of drug-likeness (QED) is 0.324. The van der Waals surface area contributed by atoms with Crippen LogP contribution in [-0.2, 0) is 11.3 Å². The van der Waals surface area contributed by atoms with Gasteiger partial charge in [-0.05, 0) is 73.0 Å². The van der Waals surface area contributed by atoms with Gasteiger partial charge < -0.3 is 19.1 Å². The van der Waals surface area contributed by atoms with Gasteiger partial charge in [-0.1, -0.05) is 30.3 Å². The summed E-state index contributed by atoms with van der Waals surface area (Å²) in [6.07, 6.45) is 3.45. The number of ether oxygens (including phenoxy) is 3. The van der Waals surface area contributed by atoms with E-state index in [1.54, 1.807) is 13.2 Å². The van der Waals surface area contributed by atoms with Crippen molar-refractivity contribution in [2.75, 3.05) is 38.3 Å². The highest BCUT2D eigenvalue weighted by atomic mass is 16.5. The zero-order valence-corrected chi connectivity index (χ0v) is 20.0. The van der Waals surface area contributed by atoms with Crippen molar-refractivity contribution >= 4 is 17.5 Å². The molecule has 0 N–H and O–H groups in total. The second kappa shape index (κ2) is 11.0. The number of ketones is 1. The Kier molecular flexibility index (Phi) is 7.65. The molecule has 1 aliphatic rings. The second-order valence-corrected chi connectivity index (χ2v) is 8.42. The minimum Gasteiger partial charge on any atom is -0.496 e. The molecule has 3 aromatic rings. The van der Waals surface area contributed by atoms with E-state index in [-0.39, 0.29) is 5.78 Å². The molecular formula is C29H31NO4. The maximum Gasteiger partial charge on any atom is 0.185 e. The average molecular weight is 458 g/mol. The number of nitrogens with zero attached hydrogens (tertiary/aromatic N) is 1. The molecule has 0 saturated carbocycles. The highest BCUT2D eigenvalue weighted by Gasteiger charge is 2.12. The lowest BCUT2D eigenvalue weighted by Gasteiger charge is -2.28. The van der Waals surface area contributed by atoms with E-state index in [4.69, 9.17) is 14.2 Å². The summed E-state index contributed by atoms with van der Waals surface area (Å²) in [5, 5.41) is 0. The van der Waals surface area contributed by atoms with E-state index in [2.05, 4.69) is 4.90 Å². The molecule has 1 aliphatic heterocycles. The van der Waals surface area contributed by atoms with Gasteiger partial charge in [0.1, 0.15) is 18.1 Å². The largest absolute Gasteiger partial charge is 0.496 e. The highest BCUT2D eigenvalue weighted by molar-refractivity contribution is 6.07. The summed E-state index contributed by atoms with van der Waals surface area (Å²) in [4.78, 5) is 15.0. The first-order valence-corrected chi connectivity index (χ1v) is 11.6. The van der Waals surface area contributed by atoms with Gasteiger partial charge >= 0.3 is 0 Å². The minimum atomic E-state index is -0.0299. The van der Waals surface area contributed by atoms with Crippen molar-refractivity contribution in [3.8, 4) is 11.5 Å². The van der Waals surface area contributed by atoms with Crippen LogP contribution in [0.15, 0.2) is 66.7 Å². The van der Waals surface area contributed by atoms with Crippen LogP contribution in [0.4, 0.5) is 5.69 Å². The van der Waals surface area contributed by atoms with Crippen molar-refractivity contribution in [1.82, 2.24) is 0 Å². The summed E-state index contributed by atoms with van der Waals surface area (Å²) < 4.78 is 17.1.